The molecule has 142 valence electrons. The summed E-state index contributed by atoms with van der Waals surface area (Å²) in [6, 6.07) is 0.498. The molecule has 25 heavy (non-hydrogen) atoms. The van der Waals surface area contributed by atoms with Crippen LogP contribution in [-0.2, 0) is 9.53 Å². The first-order valence-electron chi connectivity index (χ1n) is 9.85. The van der Waals surface area contributed by atoms with Crippen molar-refractivity contribution in [2.75, 3.05) is 33.4 Å². The fourth-order valence-corrected chi connectivity index (χ4v) is 5.18. The number of rotatable bonds is 5. The van der Waals surface area contributed by atoms with E-state index >= 15 is 0 Å². The molecule has 4 fully saturated rings. The fraction of sp³-hybridized carbons (Fsp3) is 0.947. The SMILES string of the molecule is COC[C@H]1CCC2(CCN(C(=O)C3CC(F)(F)C3)CC2)N1CC1CC1. The molecule has 0 unspecified atom stereocenters. The van der Waals surface area contributed by atoms with Gasteiger partial charge in [-0.3, -0.25) is 9.69 Å². The van der Waals surface area contributed by atoms with E-state index in [1.54, 1.807) is 7.11 Å². The van der Waals surface area contributed by atoms with Crippen LogP contribution in [0.4, 0.5) is 8.78 Å². The molecule has 4 rings (SSSR count). The predicted molar refractivity (Wildman–Crippen MR) is 90.5 cm³/mol. The Kier molecular flexibility index (Phi) is 4.55. The zero-order valence-corrected chi connectivity index (χ0v) is 15.2. The van der Waals surface area contributed by atoms with Crippen LogP contribution in [0.1, 0.15) is 51.4 Å². The molecule has 0 aromatic heterocycles. The summed E-state index contributed by atoms with van der Waals surface area (Å²) in [6.45, 7) is 3.40. The predicted octanol–water partition coefficient (Wildman–Crippen LogP) is 2.91. The van der Waals surface area contributed by atoms with Gasteiger partial charge in [0.1, 0.15) is 0 Å². The van der Waals surface area contributed by atoms with Gasteiger partial charge in [0.15, 0.2) is 0 Å². The number of carbonyl (C=O) groups excluding carboxylic acids is 1. The van der Waals surface area contributed by atoms with Gasteiger partial charge >= 0.3 is 0 Å². The minimum atomic E-state index is -2.61. The standard InChI is InChI=1S/C19H30F2N2O2/c1-25-13-16-4-5-18(23(16)12-14-2-3-14)6-8-22(9-7-18)17(24)15-10-19(20,21)11-15/h14-16H,2-13H2,1H3/t16-/m1/s1. The summed E-state index contributed by atoms with van der Waals surface area (Å²) in [5.74, 6) is -2.26. The Bertz CT molecular complexity index is 508. The van der Waals surface area contributed by atoms with Crippen LogP contribution < -0.4 is 0 Å². The zero-order valence-electron chi connectivity index (χ0n) is 15.2. The summed E-state index contributed by atoms with van der Waals surface area (Å²) >= 11 is 0. The maximum Gasteiger partial charge on any atom is 0.249 e. The van der Waals surface area contributed by atoms with E-state index in [0.717, 1.165) is 45.0 Å². The van der Waals surface area contributed by atoms with E-state index in [2.05, 4.69) is 4.90 Å². The fourth-order valence-electron chi connectivity index (χ4n) is 5.18. The van der Waals surface area contributed by atoms with Gasteiger partial charge in [0.2, 0.25) is 11.8 Å². The quantitative estimate of drug-likeness (QED) is 0.759. The highest BCUT2D eigenvalue weighted by molar-refractivity contribution is 5.80. The third-order valence-corrected chi connectivity index (χ3v) is 6.95. The average Bonchev–Trinajstić information content (AvgIpc) is 3.33. The number of likely N-dealkylation sites (tertiary alicyclic amines) is 2. The summed E-state index contributed by atoms with van der Waals surface area (Å²) in [4.78, 5) is 17.0. The minimum Gasteiger partial charge on any atom is -0.383 e. The normalized spacial score (nSPS) is 32.1. The molecule has 2 aliphatic heterocycles. The molecule has 1 atom stereocenters. The van der Waals surface area contributed by atoms with E-state index < -0.39 is 11.8 Å². The van der Waals surface area contributed by atoms with Crippen molar-refractivity contribution in [3.63, 3.8) is 0 Å². The largest absolute Gasteiger partial charge is 0.383 e. The lowest BCUT2D eigenvalue weighted by Crippen LogP contribution is -2.57. The van der Waals surface area contributed by atoms with Crippen LogP contribution in [0.3, 0.4) is 0 Å². The molecule has 4 nitrogen and oxygen atoms in total. The highest BCUT2D eigenvalue weighted by atomic mass is 19.3. The second kappa shape index (κ2) is 6.45. The van der Waals surface area contributed by atoms with Gasteiger partial charge in [0, 0.05) is 57.1 Å². The van der Waals surface area contributed by atoms with Gasteiger partial charge in [-0.25, -0.2) is 8.78 Å². The van der Waals surface area contributed by atoms with E-state index in [4.69, 9.17) is 4.74 Å². The van der Waals surface area contributed by atoms with E-state index in [-0.39, 0.29) is 24.3 Å². The van der Waals surface area contributed by atoms with Gasteiger partial charge in [-0.2, -0.15) is 0 Å². The maximum absolute atomic E-state index is 13.1. The lowest BCUT2D eigenvalue weighted by Gasteiger charge is -2.48. The van der Waals surface area contributed by atoms with Crippen molar-refractivity contribution in [2.24, 2.45) is 11.8 Å². The molecular formula is C19H30F2N2O2. The first-order valence-corrected chi connectivity index (χ1v) is 9.85. The van der Waals surface area contributed by atoms with E-state index in [9.17, 15) is 13.6 Å². The van der Waals surface area contributed by atoms with Crippen LogP contribution in [0.15, 0.2) is 0 Å². The van der Waals surface area contributed by atoms with Crippen molar-refractivity contribution in [3.8, 4) is 0 Å². The first-order chi connectivity index (χ1) is 11.9. The van der Waals surface area contributed by atoms with Gasteiger partial charge < -0.3 is 9.64 Å². The van der Waals surface area contributed by atoms with Crippen LogP contribution in [0.5, 0.6) is 0 Å². The third-order valence-electron chi connectivity index (χ3n) is 6.95. The highest BCUT2D eigenvalue weighted by Gasteiger charge is 2.52. The molecule has 0 aromatic rings. The summed E-state index contributed by atoms with van der Waals surface area (Å²) in [6.07, 6.45) is 6.48. The molecule has 1 amide bonds. The Morgan fingerprint density at radius 3 is 2.36 bits per heavy atom. The maximum atomic E-state index is 13.1. The number of alkyl halides is 2. The van der Waals surface area contributed by atoms with Crippen LogP contribution in [0, 0.1) is 11.8 Å². The smallest absolute Gasteiger partial charge is 0.249 e. The second-order valence-corrected chi connectivity index (χ2v) is 8.75. The number of methoxy groups -OCH3 is 1. The Labute approximate surface area is 148 Å². The second-order valence-electron chi connectivity index (χ2n) is 8.75. The zero-order chi connectivity index (χ0) is 17.7. The number of amides is 1. The monoisotopic (exact) mass is 356 g/mol. The van der Waals surface area contributed by atoms with Gasteiger partial charge in [-0.15, -0.1) is 0 Å². The molecular weight excluding hydrogens is 326 g/mol. The summed E-state index contributed by atoms with van der Waals surface area (Å²) in [5, 5.41) is 0. The minimum absolute atomic E-state index is 0.0408. The number of hydrogen-bond donors (Lipinski definition) is 0. The van der Waals surface area contributed by atoms with Crippen molar-refractivity contribution < 1.29 is 18.3 Å². The van der Waals surface area contributed by atoms with Gasteiger partial charge in [0.05, 0.1) is 6.61 Å². The van der Waals surface area contributed by atoms with E-state index in [1.807, 2.05) is 4.90 Å². The Balaban J connectivity index is 1.36. The topological polar surface area (TPSA) is 32.8 Å². The number of nitrogens with zero attached hydrogens (tertiary/aromatic N) is 2. The molecule has 2 saturated heterocycles. The van der Waals surface area contributed by atoms with Crippen LogP contribution >= 0.6 is 0 Å². The third kappa shape index (κ3) is 3.44. The summed E-state index contributed by atoms with van der Waals surface area (Å²) < 4.78 is 31.6. The molecule has 4 aliphatic rings. The number of halogens is 2. The molecule has 0 N–H and O–H groups in total. The molecule has 2 heterocycles. The van der Waals surface area contributed by atoms with Crippen molar-refractivity contribution in [1.29, 1.82) is 0 Å². The molecule has 2 saturated carbocycles. The van der Waals surface area contributed by atoms with E-state index in [1.165, 1.54) is 25.7 Å². The van der Waals surface area contributed by atoms with E-state index in [0.29, 0.717) is 6.04 Å². The Morgan fingerprint density at radius 1 is 1.12 bits per heavy atom. The number of piperidine rings is 1. The van der Waals surface area contributed by atoms with Crippen molar-refractivity contribution in [3.05, 3.63) is 0 Å². The van der Waals surface area contributed by atoms with Gasteiger partial charge in [-0.05, 0) is 44.4 Å². The molecule has 0 aromatic carbocycles. The van der Waals surface area contributed by atoms with Gasteiger partial charge in [0.25, 0.3) is 0 Å². The molecule has 1 spiro atoms. The highest BCUT2D eigenvalue weighted by Crippen LogP contribution is 2.46. The summed E-state index contributed by atoms with van der Waals surface area (Å²) in [5.41, 5.74) is 0.201. The van der Waals surface area contributed by atoms with Crippen molar-refractivity contribution >= 4 is 5.91 Å². The molecule has 2 aliphatic carbocycles. The number of ether oxygens (including phenoxy) is 1. The van der Waals surface area contributed by atoms with Crippen molar-refractivity contribution in [2.45, 2.75) is 68.9 Å². The number of carbonyl (C=O) groups is 1. The van der Waals surface area contributed by atoms with Crippen LogP contribution in [0.2, 0.25) is 0 Å². The Morgan fingerprint density at radius 2 is 1.80 bits per heavy atom. The van der Waals surface area contributed by atoms with Crippen molar-refractivity contribution in [1.82, 2.24) is 9.80 Å². The molecule has 0 bridgehead atoms. The number of hydrogen-bond acceptors (Lipinski definition) is 3. The average molecular weight is 356 g/mol. The first kappa shape index (κ1) is 17.7. The van der Waals surface area contributed by atoms with Gasteiger partial charge in [-0.1, -0.05) is 0 Å². The lowest BCUT2D eigenvalue weighted by atomic mass is 9.79. The molecule has 0 radical (unpaired) electrons. The Hall–Kier alpha value is -0.750. The molecule has 6 heteroatoms. The van der Waals surface area contributed by atoms with Crippen LogP contribution in [0.25, 0.3) is 0 Å². The van der Waals surface area contributed by atoms with Crippen LogP contribution in [-0.4, -0.2) is 66.6 Å². The summed E-state index contributed by atoms with van der Waals surface area (Å²) in [7, 11) is 1.77. The lowest BCUT2D eigenvalue weighted by molar-refractivity contribution is -0.162.